The van der Waals surface area contributed by atoms with Gasteiger partial charge in [0.05, 0.1) is 4.90 Å². The van der Waals surface area contributed by atoms with E-state index in [1.165, 1.54) is 12.3 Å². The Morgan fingerprint density at radius 2 is 1.82 bits per heavy atom. The minimum absolute atomic E-state index is 0.0200. The van der Waals surface area contributed by atoms with Crippen molar-refractivity contribution < 1.29 is 8.76 Å². The Hall–Kier alpha value is -1.56. The van der Waals surface area contributed by atoms with Crippen LogP contribution in [0.1, 0.15) is 5.56 Å². The fourth-order valence-corrected chi connectivity index (χ4v) is 3.01. The predicted octanol–water partition coefficient (Wildman–Crippen LogP) is 1.97. The van der Waals surface area contributed by atoms with E-state index in [2.05, 4.69) is 4.98 Å². The first-order valence-corrected chi connectivity index (χ1v) is 7.07. The number of aromatic nitrogens is 1. The van der Waals surface area contributed by atoms with E-state index in [0.29, 0.717) is 0 Å². The highest BCUT2D eigenvalue weighted by molar-refractivity contribution is 8.13. The van der Waals surface area contributed by atoms with Crippen LogP contribution in [0.4, 0.5) is 0 Å². The van der Waals surface area contributed by atoms with Gasteiger partial charge in [0.25, 0.3) is 0 Å². The van der Waals surface area contributed by atoms with Gasteiger partial charge in [-0.1, -0.05) is 33.3 Å². The molecule has 0 radical (unpaired) electrons. The third-order valence-electron chi connectivity index (χ3n) is 2.52. The Kier molecular flexibility index (Phi) is 2.61. The van der Waals surface area contributed by atoms with Gasteiger partial charge in [-0.3, -0.25) is 4.55 Å². The molecule has 0 aliphatic rings. The first kappa shape index (κ1) is 11.9. The van der Waals surface area contributed by atoms with Crippen molar-refractivity contribution in [2.45, 2.75) is 16.8 Å². The van der Waals surface area contributed by atoms with E-state index in [1.807, 2.05) is 6.92 Å². The summed E-state index contributed by atoms with van der Waals surface area (Å²) in [6.07, 6.45) is 1.44. The number of hydrogen-bond acceptors (Lipinski definition) is 2. The van der Waals surface area contributed by atoms with Gasteiger partial charge in [-0.25, -0.2) is 10.1 Å². The number of nitrogens with two attached hydrogens (primary N) is 1. The van der Waals surface area contributed by atoms with Crippen molar-refractivity contribution in [2.24, 2.45) is 5.14 Å². The molecule has 1 heterocycles. The molecule has 2 rings (SSSR count). The highest BCUT2D eigenvalue weighted by Gasteiger charge is 2.28. The second-order valence-corrected chi connectivity index (χ2v) is 6.76. The monoisotopic (exact) mass is 250 g/mol. The standard InChI is InChI=1S/C12H14N2O2S/c1-10-5-7-11(8-6-10)17(13,15,16)12-4-2-3-9-14-12/h2-9H,1H3,(H3,13,15,16). The molecule has 0 saturated carbocycles. The molecule has 0 aliphatic heterocycles. The average molecular weight is 250 g/mol. The summed E-state index contributed by atoms with van der Waals surface area (Å²) in [4.78, 5) is 4.05. The van der Waals surface area contributed by atoms with Crippen LogP contribution in [0, 0.1) is 6.92 Å². The van der Waals surface area contributed by atoms with Gasteiger partial charge in [0.2, 0.25) is 0 Å². The van der Waals surface area contributed by atoms with Crippen LogP contribution in [-0.2, 0) is 9.53 Å². The molecule has 90 valence electrons. The van der Waals surface area contributed by atoms with Crippen molar-refractivity contribution in [3.8, 4) is 0 Å². The van der Waals surface area contributed by atoms with Crippen molar-refractivity contribution in [3.05, 3.63) is 54.2 Å². The second kappa shape index (κ2) is 3.73. The molecule has 0 bridgehead atoms. The lowest BCUT2D eigenvalue weighted by molar-refractivity contribution is 0.508. The molecule has 4 nitrogen and oxygen atoms in total. The lowest BCUT2D eigenvalue weighted by atomic mass is 10.2. The zero-order chi connectivity index (χ0) is 12.5. The number of hydrogen-bond donors (Lipinski definition) is 2. The molecule has 0 spiro atoms. The lowest BCUT2D eigenvalue weighted by Crippen LogP contribution is -2.43. The summed E-state index contributed by atoms with van der Waals surface area (Å²) < 4.78 is 22.9. The molecule has 3 N–H and O–H groups in total. The molecule has 0 aliphatic carbocycles. The van der Waals surface area contributed by atoms with Crippen molar-refractivity contribution in [2.75, 3.05) is 0 Å². The first-order valence-electron chi connectivity index (χ1n) is 5.09. The van der Waals surface area contributed by atoms with Crippen molar-refractivity contribution in [3.63, 3.8) is 0 Å². The Morgan fingerprint density at radius 3 is 2.35 bits per heavy atom. The van der Waals surface area contributed by atoms with Crippen LogP contribution in [0.15, 0.2) is 58.6 Å². The largest absolute Gasteiger partial charge is 0.281 e. The van der Waals surface area contributed by atoms with Crippen LogP contribution in [0.25, 0.3) is 0 Å². The maximum atomic E-state index is 12.6. The van der Waals surface area contributed by atoms with Crippen molar-refractivity contribution >= 4 is 9.53 Å². The molecule has 0 unspecified atom stereocenters. The second-order valence-electron chi connectivity index (χ2n) is 3.94. The van der Waals surface area contributed by atoms with E-state index >= 15 is 0 Å². The minimum Gasteiger partial charge on any atom is -0.281 e. The smallest absolute Gasteiger partial charge is 0.161 e. The molecule has 2 aromatic rings. The zero-order valence-corrected chi connectivity index (χ0v) is 10.2. The van der Waals surface area contributed by atoms with E-state index in [1.54, 1.807) is 36.4 Å². The number of aryl methyl sites for hydroxylation is 1. The average Bonchev–Trinajstić information content (AvgIpc) is 2.30. The van der Waals surface area contributed by atoms with Gasteiger partial charge in [0.1, 0.15) is 0 Å². The topological polar surface area (TPSA) is 76.2 Å². The highest BCUT2D eigenvalue weighted by Crippen LogP contribution is 2.32. The Morgan fingerprint density at radius 1 is 1.18 bits per heavy atom. The fraction of sp³-hybridized carbons (Fsp3) is 0.0833. The lowest BCUT2D eigenvalue weighted by Gasteiger charge is -2.37. The van der Waals surface area contributed by atoms with Crippen LogP contribution in [0.2, 0.25) is 0 Å². The maximum absolute atomic E-state index is 12.6. The van der Waals surface area contributed by atoms with Gasteiger partial charge in [-0.2, -0.15) is 4.21 Å². The molecule has 1 aromatic carbocycles. The zero-order valence-electron chi connectivity index (χ0n) is 9.41. The number of benzene rings is 1. The van der Waals surface area contributed by atoms with Crippen molar-refractivity contribution in [1.29, 1.82) is 0 Å². The molecule has 5 heteroatoms. The van der Waals surface area contributed by atoms with Crippen LogP contribution in [-0.4, -0.2) is 13.7 Å². The van der Waals surface area contributed by atoms with Gasteiger partial charge < -0.3 is 0 Å². The van der Waals surface area contributed by atoms with Gasteiger partial charge in [-0.05, 0) is 31.2 Å². The van der Waals surface area contributed by atoms with Gasteiger partial charge >= 0.3 is 0 Å². The maximum Gasteiger partial charge on any atom is 0.161 e. The molecular formula is C12H14N2O2S. The van der Waals surface area contributed by atoms with E-state index in [-0.39, 0.29) is 9.92 Å². The summed E-state index contributed by atoms with van der Waals surface area (Å²) in [7, 11) is -4.55. The van der Waals surface area contributed by atoms with Gasteiger partial charge in [-0.15, -0.1) is 0 Å². The van der Waals surface area contributed by atoms with Crippen LogP contribution in [0.3, 0.4) is 0 Å². The summed E-state index contributed by atoms with van der Waals surface area (Å²) in [5.41, 5.74) is 0.998. The minimum atomic E-state index is -4.55. The summed E-state index contributed by atoms with van der Waals surface area (Å²) in [5, 5.41) is 5.68. The third-order valence-corrected chi connectivity index (χ3v) is 4.75. The molecule has 0 atom stereocenters. The molecule has 0 fully saturated rings. The van der Waals surface area contributed by atoms with Crippen LogP contribution >= 0.6 is 0 Å². The van der Waals surface area contributed by atoms with E-state index in [4.69, 9.17) is 5.14 Å². The summed E-state index contributed by atoms with van der Waals surface area (Å²) in [6.45, 7) is 1.90. The Balaban J connectivity index is 2.62. The number of pyridine rings is 1. The molecular weight excluding hydrogens is 236 g/mol. The third kappa shape index (κ3) is 2.12. The Bertz CT molecular complexity index is 588. The van der Waals surface area contributed by atoms with Crippen LogP contribution in [0.5, 0.6) is 0 Å². The molecule has 17 heavy (non-hydrogen) atoms. The number of rotatable bonds is 2. The summed E-state index contributed by atoms with van der Waals surface area (Å²) in [5.74, 6) is 0. The van der Waals surface area contributed by atoms with E-state index < -0.39 is 9.53 Å². The number of nitrogens with zero attached hydrogens (tertiary/aromatic N) is 1. The van der Waals surface area contributed by atoms with Gasteiger partial charge in [0, 0.05) is 6.20 Å². The normalized spacial score (nSPS) is 13.9. The summed E-state index contributed by atoms with van der Waals surface area (Å²) >= 11 is 0. The van der Waals surface area contributed by atoms with Crippen LogP contribution < -0.4 is 5.14 Å². The molecule has 0 saturated heterocycles. The highest BCUT2D eigenvalue weighted by atomic mass is 32.3. The Labute approximate surface area is 99.9 Å². The van der Waals surface area contributed by atoms with E-state index in [0.717, 1.165) is 5.56 Å². The van der Waals surface area contributed by atoms with E-state index in [9.17, 15) is 8.76 Å². The fourth-order valence-electron chi connectivity index (χ4n) is 1.50. The predicted molar refractivity (Wildman–Crippen MR) is 66.9 cm³/mol. The quantitative estimate of drug-likeness (QED) is 0.855. The van der Waals surface area contributed by atoms with Crippen molar-refractivity contribution in [1.82, 2.24) is 4.98 Å². The molecule has 1 aromatic heterocycles. The SMILES string of the molecule is Cc1ccc(S(N)(=O)(O)c2ccccn2)cc1. The summed E-state index contributed by atoms with van der Waals surface area (Å²) in [6, 6.07) is 11.4. The molecule has 0 amide bonds. The van der Waals surface area contributed by atoms with Gasteiger partial charge in [0.15, 0.2) is 5.03 Å². The first-order chi connectivity index (χ1) is 7.88.